The quantitative estimate of drug-likeness (QED) is 0.171. The van der Waals surface area contributed by atoms with Crippen LogP contribution in [0.2, 0.25) is 0 Å². The third-order valence-corrected chi connectivity index (χ3v) is 9.75. The number of nitrogens with zero attached hydrogens (tertiary/aromatic N) is 1. The van der Waals surface area contributed by atoms with Gasteiger partial charge in [-0.3, -0.25) is 8.37 Å². The molecular formula is C35H54N2O10S2. The van der Waals surface area contributed by atoms with E-state index in [-0.39, 0.29) is 41.2 Å². The van der Waals surface area contributed by atoms with Crippen LogP contribution in [0.1, 0.15) is 91.7 Å². The molecule has 1 aliphatic rings. The average molecular weight is 727 g/mol. The first-order valence-electron chi connectivity index (χ1n) is 16.5. The predicted octanol–water partition coefficient (Wildman–Crippen LogP) is 6.88. The Morgan fingerprint density at radius 2 is 1.22 bits per heavy atom. The number of hydrogen-bond acceptors (Lipinski definition) is 10. The lowest BCUT2D eigenvalue weighted by atomic mass is 9.99. The van der Waals surface area contributed by atoms with Gasteiger partial charge in [0, 0.05) is 18.6 Å². The van der Waals surface area contributed by atoms with E-state index in [1.165, 1.54) is 12.1 Å². The molecule has 0 aliphatic carbocycles. The van der Waals surface area contributed by atoms with Gasteiger partial charge in [0.05, 0.1) is 23.0 Å². The smallest absolute Gasteiger partial charge is 0.410 e. The Hall–Kier alpha value is -3.20. The Morgan fingerprint density at radius 3 is 1.63 bits per heavy atom. The summed E-state index contributed by atoms with van der Waals surface area (Å²) in [6.45, 7) is 17.4. The van der Waals surface area contributed by atoms with E-state index in [0.29, 0.717) is 32.2 Å². The van der Waals surface area contributed by atoms with Gasteiger partial charge in [-0.15, -0.1) is 0 Å². The number of aryl methyl sites for hydroxylation is 2. The molecule has 2 aromatic rings. The summed E-state index contributed by atoms with van der Waals surface area (Å²) in [6.07, 6.45) is 2.46. The van der Waals surface area contributed by atoms with Crippen molar-refractivity contribution in [3.63, 3.8) is 0 Å². The van der Waals surface area contributed by atoms with E-state index in [0.717, 1.165) is 17.5 Å². The van der Waals surface area contributed by atoms with Gasteiger partial charge < -0.3 is 19.7 Å². The summed E-state index contributed by atoms with van der Waals surface area (Å²) >= 11 is 0. The van der Waals surface area contributed by atoms with Crippen LogP contribution >= 0.6 is 0 Å². The van der Waals surface area contributed by atoms with E-state index in [9.17, 15) is 26.4 Å². The molecule has 3 rings (SSSR count). The summed E-state index contributed by atoms with van der Waals surface area (Å²) in [5, 5.41) is 2.71. The standard InChI is InChI=1S/C18H27NO5S.C17H27NO5S/c1-14-7-9-16(10-8-14)25(21,22)23-13-5-6-15-11-12-19(15)17(20)24-18(2,3)4;1-13-8-10-15(11-9-13)24(20,21)22-12-6-7-14(2)18-16(19)23-17(3,4)5/h7-10,15H,5-6,11-13H2,1-4H3;8-11,14H,6-7,12H2,1-5H3,(H,18,19)/t;14-/m.0/s1. The van der Waals surface area contributed by atoms with Gasteiger partial charge in [0.2, 0.25) is 0 Å². The highest BCUT2D eigenvalue weighted by Crippen LogP contribution is 2.25. The molecule has 0 aromatic heterocycles. The molecule has 1 aliphatic heterocycles. The minimum atomic E-state index is -3.73. The maximum atomic E-state index is 12.1. The molecule has 1 N–H and O–H groups in total. The van der Waals surface area contributed by atoms with Crippen LogP contribution in [-0.4, -0.2) is 77.0 Å². The molecule has 2 amide bonds. The van der Waals surface area contributed by atoms with Gasteiger partial charge in [-0.25, -0.2) is 9.59 Å². The van der Waals surface area contributed by atoms with Gasteiger partial charge in [-0.2, -0.15) is 16.8 Å². The SMILES string of the molecule is Cc1ccc(S(=O)(=O)OCCCC2CCN2C(=O)OC(C)(C)C)cc1.Cc1ccc(S(=O)(=O)OCCC[C@H](C)NC(=O)OC(C)(C)C)cc1. The highest BCUT2D eigenvalue weighted by molar-refractivity contribution is 7.87. The fourth-order valence-corrected chi connectivity index (χ4v) is 6.36. The number of nitrogens with one attached hydrogen (secondary N) is 1. The zero-order valence-corrected chi connectivity index (χ0v) is 31.9. The molecule has 12 nitrogen and oxygen atoms in total. The molecule has 0 saturated carbocycles. The summed E-state index contributed by atoms with van der Waals surface area (Å²) in [5.41, 5.74) is 0.916. The number of amides is 2. The fraction of sp³-hybridized carbons (Fsp3) is 0.600. The predicted molar refractivity (Wildman–Crippen MR) is 187 cm³/mol. The summed E-state index contributed by atoms with van der Waals surface area (Å²) in [5.74, 6) is 0. The van der Waals surface area contributed by atoms with Crippen LogP contribution in [0.4, 0.5) is 9.59 Å². The van der Waals surface area contributed by atoms with Crippen molar-refractivity contribution < 1.29 is 44.3 Å². The number of likely N-dealkylation sites (tertiary alicyclic amines) is 1. The number of carbonyl (C=O) groups excluding carboxylic acids is 2. The molecule has 14 heteroatoms. The van der Waals surface area contributed by atoms with Crippen LogP contribution in [0.15, 0.2) is 58.3 Å². The molecule has 1 unspecified atom stereocenters. The molecule has 0 spiro atoms. The molecule has 49 heavy (non-hydrogen) atoms. The second-order valence-electron chi connectivity index (χ2n) is 14.1. The third-order valence-electron chi connectivity index (χ3n) is 7.09. The number of rotatable bonds is 13. The van der Waals surface area contributed by atoms with Crippen molar-refractivity contribution in [2.45, 2.75) is 127 Å². The largest absolute Gasteiger partial charge is 0.444 e. The number of carbonyl (C=O) groups is 2. The molecule has 276 valence electrons. The van der Waals surface area contributed by atoms with Gasteiger partial charge >= 0.3 is 12.2 Å². The highest BCUT2D eigenvalue weighted by Gasteiger charge is 2.34. The molecule has 1 fully saturated rings. The van der Waals surface area contributed by atoms with Crippen molar-refractivity contribution in [1.29, 1.82) is 0 Å². The molecule has 2 atom stereocenters. The normalized spacial score (nSPS) is 15.7. The van der Waals surface area contributed by atoms with Gasteiger partial charge in [-0.1, -0.05) is 35.4 Å². The zero-order chi connectivity index (χ0) is 37.0. The lowest BCUT2D eigenvalue weighted by Gasteiger charge is -2.41. The van der Waals surface area contributed by atoms with Gasteiger partial charge in [0.25, 0.3) is 20.2 Å². The van der Waals surface area contributed by atoms with Crippen LogP contribution < -0.4 is 5.32 Å². The van der Waals surface area contributed by atoms with Crippen molar-refractivity contribution in [1.82, 2.24) is 10.2 Å². The molecule has 1 saturated heterocycles. The number of ether oxygens (including phenoxy) is 2. The summed E-state index contributed by atoms with van der Waals surface area (Å²) in [6, 6.07) is 13.0. The molecule has 0 bridgehead atoms. The number of benzene rings is 2. The van der Waals surface area contributed by atoms with E-state index in [2.05, 4.69) is 5.32 Å². The van der Waals surface area contributed by atoms with E-state index in [1.54, 1.807) is 62.1 Å². The minimum absolute atomic E-state index is 0.0660. The maximum absolute atomic E-state index is 12.1. The van der Waals surface area contributed by atoms with Crippen molar-refractivity contribution >= 4 is 32.4 Å². The maximum Gasteiger partial charge on any atom is 0.410 e. The summed E-state index contributed by atoms with van der Waals surface area (Å²) in [4.78, 5) is 25.6. The van der Waals surface area contributed by atoms with Gasteiger partial charge in [0.15, 0.2) is 0 Å². The third kappa shape index (κ3) is 15.9. The number of hydrogen-bond donors (Lipinski definition) is 1. The summed E-state index contributed by atoms with van der Waals surface area (Å²) < 4.78 is 68.8. The van der Waals surface area contributed by atoms with Crippen LogP contribution in [0.3, 0.4) is 0 Å². The Morgan fingerprint density at radius 1 is 0.776 bits per heavy atom. The van der Waals surface area contributed by atoms with E-state index >= 15 is 0 Å². The molecule has 0 radical (unpaired) electrons. The molecule has 1 heterocycles. The van der Waals surface area contributed by atoms with Crippen LogP contribution in [0, 0.1) is 13.8 Å². The average Bonchev–Trinajstić information content (AvgIpc) is 2.93. The molecule has 2 aromatic carbocycles. The van der Waals surface area contributed by atoms with Crippen LogP contribution in [0.25, 0.3) is 0 Å². The summed E-state index contributed by atoms with van der Waals surface area (Å²) in [7, 11) is -7.46. The van der Waals surface area contributed by atoms with Crippen molar-refractivity contribution in [2.24, 2.45) is 0 Å². The van der Waals surface area contributed by atoms with Crippen molar-refractivity contribution in [3.05, 3.63) is 59.7 Å². The Labute approximate surface area is 293 Å². The number of alkyl carbamates (subject to hydrolysis) is 1. The Kier molecular flexibility index (Phi) is 15.6. The highest BCUT2D eigenvalue weighted by atomic mass is 32.2. The van der Waals surface area contributed by atoms with Crippen LogP contribution in [-0.2, 0) is 38.1 Å². The second kappa shape index (κ2) is 18.2. The first-order chi connectivity index (χ1) is 22.6. The van der Waals surface area contributed by atoms with E-state index < -0.39 is 37.5 Å². The Balaban J connectivity index is 0.000000341. The fourth-order valence-electron chi connectivity index (χ4n) is 4.47. The van der Waals surface area contributed by atoms with Gasteiger partial charge in [0.1, 0.15) is 11.2 Å². The topological polar surface area (TPSA) is 155 Å². The Bertz CT molecular complexity index is 1560. The zero-order valence-electron chi connectivity index (χ0n) is 30.3. The molecular weight excluding hydrogens is 673 g/mol. The first kappa shape index (κ1) is 42.0. The first-order valence-corrected chi connectivity index (χ1v) is 19.3. The lowest BCUT2D eigenvalue weighted by Crippen LogP contribution is -2.52. The van der Waals surface area contributed by atoms with E-state index in [4.69, 9.17) is 17.8 Å². The monoisotopic (exact) mass is 726 g/mol. The van der Waals surface area contributed by atoms with Crippen LogP contribution in [0.5, 0.6) is 0 Å². The lowest BCUT2D eigenvalue weighted by molar-refractivity contribution is -0.00753. The van der Waals surface area contributed by atoms with Crippen molar-refractivity contribution in [2.75, 3.05) is 19.8 Å². The second-order valence-corrected chi connectivity index (χ2v) is 17.4. The van der Waals surface area contributed by atoms with Gasteiger partial charge in [-0.05, 0) is 119 Å². The minimum Gasteiger partial charge on any atom is -0.444 e. The van der Waals surface area contributed by atoms with E-state index in [1.807, 2.05) is 41.5 Å². The van der Waals surface area contributed by atoms with Crippen molar-refractivity contribution in [3.8, 4) is 0 Å².